The van der Waals surface area contributed by atoms with Crippen LogP contribution in [0, 0.1) is 36.5 Å². The third kappa shape index (κ3) is 3.87. The fraction of sp³-hybridized carbons (Fsp3) is 0.303. The number of aryl methyl sites for hydroxylation is 1. The smallest absolute Gasteiger partial charge is 0.305 e. The number of H-pyrrole nitrogens is 1. The monoisotopic (exact) mass is 580 g/mol. The van der Waals surface area contributed by atoms with Crippen LogP contribution in [0.25, 0.3) is 0 Å². The van der Waals surface area contributed by atoms with Gasteiger partial charge in [-0.2, -0.15) is 0 Å². The van der Waals surface area contributed by atoms with E-state index in [0.717, 1.165) is 33.2 Å². The number of carbonyl (C=O) groups is 2. The number of ether oxygens (including phenoxy) is 1. The molecule has 2 aliphatic heterocycles. The van der Waals surface area contributed by atoms with Crippen LogP contribution in [0.5, 0.6) is 5.75 Å². The van der Waals surface area contributed by atoms with E-state index < -0.39 is 0 Å². The van der Waals surface area contributed by atoms with Gasteiger partial charge in [-0.05, 0) is 66.5 Å². The molecule has 41 heavy (non-hydrogen) atoms. The lowest BCUT2D eigenvalue weighted by molar-refractivity contribution is -0.123. The number of nitrogens with zero attached hydrogens (tertiary/aromatic N) is 1. The number of nitrogens with one attached hydrogen (secondary N) is 1. The lowest BCUT2D eigenvalue weighted by atomic mass is 9.68. The van der Waals surface area contributed by atoms with Crippen LogP contribution in [0.1, 0.15) is 33.9 Å². The molecule has 8 rings (SSSR count). The van der Waals surface area contributed by atoms with Gasteiger partial charge in [0.15, 0.2) is 0 Å². The Kier molecular flexibility index (Phi) is 5.80. The van der Waals surface area contributed by atoms with Gasteiger partial charge in [-0.15, -0.1) is 11.8 Å². The van der Waals surface area contributed by atoms with Crippen LogP contribution in [0.4, 0.5) is 5.69 Å². The molecular formula is C33H28N2O4S2. The van der Waals surface area contributed by atoms with Crippen LogP contribution in [0.2, 0.25) is 0 Å². The summed E-state index contributed by atoms with van der Waals surface area (Å²) in [5.41, 5.74) is 4.11. The average Bonchev–Trinajstić information content (AvgIpc) is 3.71. The minimum atomic E-state index is -0.300. The molecule has 2 saturated carbocycles. The van der Waals surface area contributed by atoms with Crippen LogP contribution in [0.3, 0.4) is 0 Å². The fourth-order valence-corrected chi connectivity index (χ4v) is 10.9. The molecule has 8 heteroatoms. The highest BCUT2D eigenvalue weighted by Gasteiger charge is 2.69. The molecule has 1 N–H and O–H groups in total. The number of thiazole rings is 1. The van der Waals surface area contributed by atoms with Gasteiger partial charge < -0.3 is 9.72 Å². The standard InChI is InChI=1S/C33H28N2O4S2/c1-17-6-5-7-18(14-17)16-39-21-12-10-19(11-13-21)24-25-22-15-23(28(25)40-30-29(24)41-33(38)34-30)27-26(22)31(36)35(32(27)37)20-8-3-2-4-9-20/h2-14,22-28H,15-16H2,1H3,(H,34,38)/t22?,23?,24-,25?,26?,27?,28?/m1/s1. The second-order valence-electron chi connectivity index (χ2n) is 11.7. The SMILES string of the molecule is Cc1cccc(COc2ccc([C@H]3c4sc(=O)[nH]c4SC4C5CC(C6C(=O)N(c7ccccc7)C(=O)C56)C43)cc2)c1. The normalized spacial score (nSPS) is 29.4. The molecule has 4 aliphatic rings. The summed E-state index contributed by atoms with van der Waals surface area (Å²) >= 11 is 3.00. The molecular weight excluding hydrogens is 553 g/mol. The predicted molar refractivity (Wildman–Crippen MR) is 159 cm³/mol. The van der Waals surface area contributed by atoms with Crippen molar-refractivity contribution in [2.75, 3.05) is 4.90 Å². The van der Waals surface area contributed by atoms with Gasteiger partial charge in [0.1, 0.15) is 12.4 Å². The van der Waals surface area contributed by atoms with E-state index in [4.69, 9.17) is 4.74 Å². The molecule has 206 valence electrons. The van der Waals surface area contributed by atoms with Crippen molar-refractivity contribution in [2.24, 2.45) is 29.6 Å². The molecule has 6 unspecified atom stereocenters. The molecule has 4 aromatic rings. The Bertz CT molecular complexity index is 1730. The fourth-order valence-electron chi connectivity index (χ4n) is 7.96. The molecule has 2 bridgehead atoms. The lowest BCUT2D eigenvalue weighted by Gasteiger charge is -2.43. The van der Waals surface area contributed by atoms with Crippen LogP contribution < -0.4 is 14.5 Å². The average molecular weight is 581 g/mol. The first-order chi connectivity index (χ1) is 20.0. The number of benzene rings is 3. The minimum Gasteiger partial charge on any atom is -0.489 e. The minimum absolute atomic E-state index is 0.00403. The second-order valence-corrected chi connectivity index (χ2v) is 13.9. The molecule has 3 fully saturated rings. The molecule has 3 heterocycles. The molecule has 1 saturated heterocycles. The van der Waals surface area contributed by atoms with Gasteiger partial charge in [0.25, 0.3) is 0 Å². The van der Waals surface area contributed by atoms with Gasteiger partial charge in [0.05, 0.1) is 22.5 Å². The van der Waals surface area contributed by atoms with E-state index in [2.05, 4.69) is 42.2 Å². The van der Waals surface area contributed by atoms with Crippen LogP contribution >= 0.6 is 23.1 Å². The van der Waals surface area contributed by atoms with Crippen molar-refractivity contribution in [3.8, 4) is 5.75 Å². The van der Waals surface area contributed by atoms with Crippen molar-refractivity contribution in [1.29, 1.82) is 0 Å². The summed E-state index contributed by atoms with van der Waals surface area (Å²) in [6.45, 7) is 2.57. The third-order valence-corrected chi connectivity index (χ3v) is 12.1. The summed E-state index contributed by atoms with van der Waals surface area (Å²) in [6.07, 6.45) is 0.880. The summed E-state index contributed by atoms with van der Waals surface area (Å²) < 4.78 is 6.09. The van der Waals surface area contributed by atoms with Gasteiger partial charge >= 0.3 is 4.87 Å². The molecule has 0 radical (unpaired) electrons. The Morgan fingerprint density at radius 3 is 2.41 bits per heavy atom. The van der Waals surface area contributed by atoms with Crippen molar-refractivity contribution in [1.82, 2.24) is 4.98 Å². The van der Waals surface area contributed by atoms with Gasteiger partial charge in [0.2, 0.25) is 11.8 Å². The van der Waals surface area contributed by atoms with Crippen molar-refractivity contribution < 1.29 is 14.3 Å². The van der Waals surface area contributed by atoms with E-state index in [1.54, 1.807) is 11.8 Å². The van der Waals surface area contributed by atoms with Crippen molar-refractivity contribution in [3.63, 3.8) is 0 Å². The molecule has 1 aromatic heterocycles. The first kappa shape index (κ1) is 25.1. The number of hydrogen-bond donors (Lipinski definition) is 1. The summed E-state index contributed by atoms with van der Waals surface area (Å²) in [6, 6.07) is 25.8. The molecule has 2 aliphatic carbocycles. The first-order valence-corrected chi connectivity index (χ1v) is 15.8. The quantitative estimate of drug-likeness (QED) is 0.293. The summed E-state index contributed by atoms with van der Waals surface area (Å²) in [5, 5.41) is 1.10. The maximum Gasteiger partial charge on any atom is 0.305 e. The highest BCUT2D eigenvalue weighted by atomic mass is 32.2. The Labute approximate surface area is 245 Å². The van der Waals surface area contributed by atoms with Gasteiger partial charge in [-0.3, -0.25) is 19.3 Å². The number of fused-ring (bicyclic) bond motifs is 9. The maximum atomic E-state index is 13.8. The largest absolute Gasteiger partial charge is 0.489 e. The van der Waals surface area contributed by atoms with E-state index in [1.165, 1.54) is 21.8 Å². The van der Waals surface area contributed by atoms with E-state index in [1.807, 2.05) is 48.5 Å². The van der Waals surface area contributed by atoms with Gasteiger partial charge in [-0.25, -0.2) is 0 Å². The van der Waals surface area contributed by atoms with Crippen molar-refractivity contribution >= 4 is 40.6 Å². The predicted octanol–water partition coefficient (Wildman–Crippen LogP) is 6.00. The molecule has 0 spiro atoms. The second kappa shape index (κ2) is 9.46. The summed E-state index contributed by atoms with van der Waals surface area (Å²) in [5.74, 6) is 0.469. The number of rotatable bonds is 5. The van der Waals surface area contributed by atoms with E-state index in [0.29, 0.717) is 12.3 Å². The Balaban J connectivity index is 1.12. The Hall–Kier alpha value is -3.62. The van der Waals surface area contributed by atoms with Crippen molar-refractivity contribution in [2.45, 2.75) is 36.1 Å². The Morgan fingerprint density at radius 1 is 0.902 bits per heavy atom. The van der Waals surface area contributed by atoms with Crippen LogP contribution in [-0.2, 0) is 16.2 Å². The number of aromatic nitrogens is 1. The number of thioether (sulfide) groups is 1. The lowest BCUT2D eigenvalue weighted by Crippen LogP contribution is -2.42. The number of carbonyl (C=O) groups excluding carboxylic acids is 2. The number of aromatic amines is 1. The van der Waals surface area contributed by atoms with Crippen LogP contribution in [-0.4, -0.2) is 22.0 Å². The van der Waals surface area contributed by atoms with E-state index >= 15 is 0 Å². The molecule has 3 aromatic carbocycles. The van der Waals surface area contributed by atoms with Crippen LogP contribution in [0.15, 0.2) is 88.7 Å². The number of anilines is 1. The zero-order valence-corrected chi connectivity index (χ0v) is 24.0. The molecule has 2 amide bonds. The maximum absolute atomic E-state index is 13.8. The summed E-state index contributed by atoms with van der Waals surface area (Å²) in [7, 11) is 0. The first-order valence-electron chi connectivity index (χ1n) is 14.1. The highest BCUT2D eigenvalue weighted by Crippen LogP contribution is 2.68. The number of imide groups is 1. The van der Waals surface area contributed by atoms with Gasteiger partial charge in [0, 0.05) is 16.0 Å². The zero-order chi connectivity index (χ0) is 27.8. The molecule has 7 atom stereocenters. The number of para-hydroxylation sites is 1. The number of amides is 2. The third-order valence-electron chi connectivity index (χ3n) is 9.47. The Morgan fingerprint density at radius 2 is 1.66 bits per heavy atom. The van der Waals surface area contributed by atoms with Crippen molar-refractivity contribution in [3.05, 3.63) is 110 Å². The topological polar surface area (TPSA) is 79.5 Å². The van der Waals surface area contributed by atoms with E-state index in [9.17, 15) is 14.4 Å². The molecule has 6 nitrogen and oxygen atoms in total. The van der Waals surface area contributed by atoms with Gasteiger partial charge in [-0.1, -0.05) is 71.5 Å². The van der Waals surface area contributed by atoms with E-state index in [-0.39, 0.29) is 57.4 Å². The highest BCUT2D eigenvalue weighted by molar-refractivity contribution is 8.00. The number of hydrogen-bond acceptors (Lipinski definition) is 6. The zero-order valence-electron chi connectivity index (χ0n) is 22.4. The summed E-state index contributed by atoms with van der Waals surface area (Å²) in [4.78, 5) is 45.6.